The Kier molecular flexibility index (Phi) is 4.06. The molecule has 0 unspecified atom stereocenters. The van der Waals surface area contributed by atoms with Gasteiger partial charge in [-0.25, -0.2) is 0 Å². The van der Waals surface area contributed by atoms with Crippen LogP contribution in [-0.2, 0) is 11.2 Å². The van der Waals surface area contributed by atoms with Gasteiger partial charge in [-0.1, -0.05) is 6.92 Å². The van der Waals surface area contributed by atoms with Gasteiger partial charge in [-0.05, 0) is 33.0 Å². The molecule has 22 heavy (non-hydrogen) atoms. The lowest BCUT2D eigenvalue weighted by molar-refractivity contribution is -0.0664. The second-order valence-electron chi connectivity index (χ2n) is 6.35. The van der Waals surface area contributed by atoms with E-state index >= 15 is 0 Å². The average Bonchev–Trinajstić information content (AvgIpc) is 2.86. The number of aromatic nitrogens is 1. The molecule has 0 radical (unpaired) electrons. The molecular weight excluding hydrogens is 282 g/mol. The van der Waals surface area contributed by atoms with Crippen molar-refractivity contribution in [2.24, 2.45) is 5.92 Å². The molecule has 6 nitrogen and oxygen atoms in total. The van der Waals surface area contributed by atoms with E-state index in [-0.39, 0.29) is 29.7 Å². The largest absolute Gasteiger partial charge is 0.376 e. The van der Waals surface area contributed by atoms with E-state index in [4.69, 9.17) is 4.74 Å². The number of fused-ring (bicyclic) bond motifs is 1. The van der Waals surface area contributed by atoms with Crippen molar-refractivity contribution in [3.63, 3.8) is 0 Å². The second-order valence-corrected chi connectivity index (χ2v) is 6.35. The van der Waals surface area contributed by atoms with E-state index < -0.39 is 0 Å². The van der Waals surface area contributed by atoms with Crippen LogP contribution in [0.1, 0.15) is 29.4 Å². The van der Waals surface area contributed by atoms with E-state index in [0.717, 1.165) is 18.7 Å². The number of pyridine rings is 1. The third-order valence-electron chi connectivity index (χ3n) is 4.79. The van der Waals surface area contributed by atoms with Gasteiger partial charge in [0.05, 0.1) is 18.2 Å². The topological polar surface area (TPSA) is 74.4 Å². The summed E-state index contributed by atoms with van der Waals surface area (Å²) < 4.78 is 5.75. The molecule has 1 aromatic rings. The van der Waals surface area contributed by atoms with Gasteiger partial charge in [0.1, 0.15) is 0 Å². The van der Waals surface area contributed by atoms with Gasteiger partial charge < -0.3 is 19.9 Å². The summed E-state index contributed by atoms with van der Waals surface area (Å²) in [4.78, 5) is 29.0. The minimum Gasteiger partial charge on any atom is -0.376 e. The Hall–Kier alpha value is -1.66. The standard InChI is InChI=1S/C16H23N3O3/c1-4-10-7-9(8-12(20)17-10)16(21)18-13-11-5-6-22-15(11)14(13)19(2)3/h7-8,11,13-15H,4-6H2,1-3H3,(H,17,20)(H,18,21)/t11-,13+,14-,15-/m1/s1. The second kappa shape index (κ2) is 5.85. The number of amides is 1. The number of carbonyl (C=O) groups excluding carboxylic acids is 1. The minimum atomic E-state index is -0.232. The van der Waals surface area contributed by atoms with Crippen molar-refractivity contribution >= 4 is 5.91 Å². The predicted molar refractivity (Wildman–Crippen MR) is 83.0 cm³/mol. The monoisotopic (exact) mass is 305 g/mol. The first-order valence-electron chi connectivity index (χ1n) is 7.83. The predicted octanol–water partition coefficient (Wildman–Crippen LogP) is 0.385. The molecule has 1 aliphatic heterocycles. The Labute approximate surface area is 129 Å². The fourth-order valence-corrected chi connectivity index (χ4v) is 3.64. The number of nitrogens with zero attached hydrogens (tertiary/aromatic N) is 1. The van der Waals surface area contributed by atoms with Gasteiger partial charge in [-0.2, -0.15) is 0 Å². The molecule has 6 heteroatoms. The molecule has 0 bridgehead atoms. The third kappa shape index (κ3) is 2.57. The van der Waals surface area contributed by atoms with E-state index in [1.54, 1.807) is 6.07 Å². The van der Waals surface area contributed by atoms with Gasteiger partial charge in [0.25, 0.3) is 5.91 Å². The number of ether oxygens (including phenoxy) is 1. The number of likely N-dealkylation sites (N-methyl/N-ethyl adjacent to an activating group) is 1. The maximum absolute atomic E-state index is 12.5. The van der Waals surface area contributed by atoms with E-state index in [1.165, 1.54) is 6.07 Å². The normalized spacial score (nSPS) is 30.0. The summed E-state index contributed by atoms with van der Waals surface area (Å²) in [5.41, 5.74) is 0.974. The van der Waals surface area contributed by atoms with Crippen LogP contribution in [0, 0.1) is 5.92 Å². The van der Waals surface area contributed by atoms with E-state index in [9.17, 15) is 9.59 Å². The SMILES string of the molecule is CCc1cc(C(=O)N[C@H]2[C@H]3CCO[C@H]3[C@@H]2N(C)C)cc(=O)[nH]1. The number of nitrogens with one attached hydrogen (secondary N) is 2. The van der Waals surface area contributed by atoms with Gasteiger partial charge >= 0.3 is 0 Å². The molecular formula is C16H23N3O3. The van der Waals surface area contributed by atoms with Crippen LogP contribution in [0.3, 0.4) is 0 Å². The third-order valence-corrected chi connectivity index (χ3v) is 4.79. The number of carbonyl (C=O) groups is 1. The first kappa shape index (κ1) is 15.2. The lowest BCUT2D eigenvalue weighted by Gasteiger charge is -2.50. The van der Waals surface area contributed by atoms with Gasteiger partial charge in [0.2, 0.25) is 5.56 Å². The van der Waals surface area contributed by atoms with Crippen LogP contribution in [0.2, 0.25) is 0 Å². The van der Waals surface area contributed by atoms with Crippen molar-refractivity contribution in [3.05, 3.63) is 33.7 Å². The van der Waals surface area contributed by atoms with Crippen LogP contribution in [0.5, 0.6) is 0 Å². The molecule has 120 valence electrons. The first-order valence-corrected chi connectivity index (χ1v) is 7.83. The highest BCUT2D eigenvalue weighted by Crippen LogP contribution is 2.41. The van der Waals surface area contributed by atoms with Crippen LogP contribution in [0.25, 0.3) is 0 Å². The molecule has 2 fully saturated rings. The molecule has 1 saturated heterocycles. The van der Waals surface area contributed by atoms with Crippen LogP contribution in [-0.4, -0.2) is 54.7 Å². The number of aryl methyl sites for hydroxylation is 1. The van der Waals surface area contributed by atoms with E-state index in [0.29, 0.717) is 17.9 Å². The summed E-state index contributed by atoms with van der Waals surface area (Å²) in [6, 6.07) is 3.40. The van der Waals surface area contributed by atoms with Gasteiger partial charge in [0.15, 0.2) is 0 Å². The Bertz CT molecular complexity index is 625. The molecule has 2 aliphatic rings. The van der Waals surface area contributed by atoms with Crippen molar-refractivity contribution in [1.82, 2.24) is 15.2 Å². The number of H-pyrrole nitrogens is 1. The molecule has 1 amide bonds. The van der Waals surface area contributed by atoms with Gasteiger partial charge in [-0.15, -0.1) is 0 Å². The van der Waals surface area contributed by atoms with Crippen LogP contribution < -0.4 is 10.9 Å². The maximum atomic E-state index is 12.5. The Morgan fingerprint density at radius 3 is 2.91 bits per heavy atom. The summed E-state index contributed by atoms with van der Waals surface area (Å²) >= 11 is 0. The van der Waals surface area contributed by atoms with E-state index in [1.807, 2.05) is 21.0 Å². The maximum Gasteiger partial charge on any atom is 0.251 e. The van der Waals surface area contributed by atoms with Crippen molar-refractivity contribution in [1.29, 1.82) is 0 Å². The lowest BCUT2D eigenvalue weighted by atomic mass is 9.71. The molecule has 0 aromatic carbocycles. The molecule has 1 aromatic heterocycles. The lowest BCUT2D eigenvalue weighted by Crippen LogP contribution is -2.69. The molecule has 1 saturated carbocycles. The number of aromatic amines is 1. The minimum absolute atomic E-state index is 0.0827. The summed E-state index contributed by atoms with van der Waals surface area (Å²) in [7, 11) is 4.01. The zero-order valence-corrected chi connectivity index (χ0v) is 13.3. The van der Waals surface area contributed by atoms with Crippen molar-refractivity contribution in [3.8, 4) is 0 Å². The Balaban J connectivity index is 1.76. The quantitative estimate of drug-likeness (QED) is 0.843. The average molecular weight is 305 g/mol. The number of hydrogen-bond donors (Lipinski definition) is 2. The highest BCUT2D eigenvalue weighted by atomic mass is 16.5. The summed E-state index contributed by atoms with van der Waals surface area (Å²) in [5.74, 6) is 0.201. The van der Waals surface area contributed by atoms with Gasteiger partial charge in [-0.3, -0.25) is 9.59 Å². The number of rotatable bonds is 4. The molecule has 1 aliphatic carbocycles. The molecule has 3 rings (SSSR count). The molecule has 2 heterocycles. The summed E-state index contributed by atoms with van der Waals surface area (Å²) in [5, 5.41) is 3.10. The van der Waals surface area contributed by atoms with Crippen LogP contribution >= 0.6 is 0 Å². The number of hydrogen-bond acceptors (Lipinski definition) is 4. The molecule has 0 spiro atoms. The summed E-state index contributed by atoms with van der Waals surface area (Å²) in [6.45, 7) is 2.71. The zero-order chi connectivity index (χ0) is 15.9. The van der Waals surface area contributed by atoms with Crippen LogP contribution in [0.4, 0.5) is 0 Å². The van der Waals surface area contributed by atoms with Gasteiger partial charge in [0, 0.05) is 29.8 Å². The smallest absolute Gasteiger partial charge is 0.251 e. The summed E-state index contributed by atoms with van der Waals surface area (Å²) in [6.07, 6.45) is 1.89. The van der Waals surface area contributed by atoms with E-state index in [2.05, 4.69) is 15.2 Å². The fraction of sp³-hybridized carbons (Fsp3) is 0.625. The fourth-order valence-electron chi connectivity index (χ4n) is 3.64. The van der Waals surface area contributed by atoms with Crippen LogP contribution in [0.15, 0.2) is 16.9 Å². The van der Waals surface area contributed by atoms with Crippen molar-refractivity contribution < 1.29 is 9.53 Å². The zero-order valence-electron chi connectivity index (χ0n) is 13.3. The highest BCUT2D eigenvalue weighted by molar-refractivity contribution is 5.94. The first-order chi connectivity index (χ1) is 10.5. The van der Waals surface area contributed by atoms with Crippen molar-refractivity contribution in [2.45, 2.75) is 38.0 Å². The Morgan fingerprint density at radius 1 is 1.45 bits per heavy atom. The van der Waals surface area contributed by atoms with Crippen molar-refractivity contribution in [2.75, 3.05) is 20.7 Å². The molecule has 4 atom stereocenters. The Morgan fingerprint density at radius 2 is 2.23 bits per heavy atom. The highest BCUT2D eigenvalue weighted by Gasteiger charge is 2.55. The molecule has 2 N–H and O–H groups in total.